The zero-order valence-electron chi connectivity index (χ0n) is 11.2. The predicted octanol–water partition coefficient (Wildman–Crippen LogP) is 3.83. The zero-order chi connectivity index (χ0) is 13.1. The van der Waals surface area contributed by atoms with E-state index in [0.29, 0.717) is 11.7 Å². The molecule has 0 aromatic carbocycles. The summed E-state index contributed by atoms with van der Waals surface area (Å²) >= 11 is 0. The Balaban J connectivity index is 1.98. The topological polar surface area (TPSA) is 51.0 Å². The minimum Gasteiger partial charge on any atom is -0.461 e. The fourth-order valence-electron chi connectivity index (χ4n) is 2.68. The van der Waals surface area contributed by atoms with Crippen molar-refractivity contribution in [1.29, 1.82) is 0 Å². The van der Waals surface area contributed by atoms with Crippen molar-refractivity contribution in [2.45, 2.75) is 38.5 Å². The number of aromatic nitrogens is 2. The van der Waals surface area contributed by atoms with E-state index < -0.39 is 0 Å². The van der Waals surface area contributed by atoms with Crippen LogP contribution >= 0.6 is 0 Å². The smallest absolute Gasteiger partial charge is 0.197 e. The van der Waals surface area contributed by atoms with Gasteiger partial charge in [0.2, 0.25) is 0 Å². The fourth-order valence-corrected chi connectivity index (χ4v) is 2.68. The molecule has 1 N–H and O–H groups in total. The summed E-state index contributed by atoms with van der Waals surface area (Å²) < 4.78 is 5.42. The monoisotopic (exact) mass is 257 g/mol. The third-order valence-electron chi connectivity index (χ3n) is 3.62. The van der Waals surface area contributed by atoms with E-state index in [1.54, 1.807) is 6.26 Å². The van der Waals surface area contributed by atoms with Crippen molar-refractivity contribution >= 4 is 5.82 Å². The highest BCUT2D eigenvalue weighted by molar-refractivity contribution is 5.51. The third kappa shape index (κ3) is 2.62. The van der Waals surface area contributed by atoms with Crippen LogP contribution in [0.1, 0.15) is 44.2 Å². The number of nitrogens with one attached hydrogen (secondary N) is 1. The minimum atomic E-state index is 0.578. The normalized spacial score (nSPS) is 15.8. The highest BCUT2D eigenvalue weighted by Crippen LogP contribution is 2.34. The molecule has 0 radical (unpaired) electrons. The maximum Gasteiger partial charge on any atom is 0.197 e. The number of anilines is 1. The molecule has 0 bridgehead atoms. The molecule has 100 valence electrons. The van der Waals surface area contributed by atoms with Crippen LogP contribution in [0.4, 0.5) is 5.82 Å². The zero-order valence-corrected chi connectivity index (χ0v) is 11.2. The number of nitrogens with zero attached hydrogens (tertiary/aromatic N) is 2. The van der Waals surface area contributed by atoms with Gasteiger partial charge >= 0.3 is 0 Å². The van der Waals surface area contributed by atoms with E-state index in [2.05, 4.69) is 23.3 Å². The van der Waals surface area contributed by atoms with Gasteiger partial charge in [-0.3, -0.25) is 0 Å². The van der Waals surface area contributed by atoms with Gasteiger partial charge < -0.3 is 9.73 Å². The molecule has 0 aliphatic heterocycles. The molecular weight excluding hydrogens is 238 g/mol. The SMILES string of the molecule is CCNc1cc(C2CCCC2)nc(-c2ccco2)n1. The highest BCUT2D eigenvalue weighted by Gasteiger charge is 2.20. The van der Waals surface area contributed by atoms with Gasteiger partial charge in [0.05, 0.1) is 6.26 Å². The van der Waals surface area contributed by atoms with Gasteiger partial charge in [-0.15, -0.1) is 0 Å². The lowest BCUT2D eigenvalue weighted by atomic mass is 10.0. The number of rotatable bonds is 4. The molecule has 0 unspecified atom stereocenters. The van der Waals surface area contributed by atoms with E-state index in [9.17, 15) is 0 Å². The molecule has 2 aromatic heterocycles. The minimum absolute atomic E-state index is 0.578. The summed E-state index contributed by atoms with van der Waals surface area (Å²) in [7, 11) is 0. The predicted molar refractivity (Wildman–Crippen MR) is 75.1 cm³/mol. The van der Waals surface area contributed by atoms with Gasteiger partial charge in [0.1, 0.15) is 5.82 Å². The van der Waals surface area contributed by atoms with E-state index in [1.807, 2.05) is 12.1 Å². The Morgan fingerprint density at radius 2 is 2.16 bits per heavy atom. The van der Waals surface area contributed by atoms with Crippen LogP contribution in [0.15, 0.2) is 28.9 Å². The molecule has 3 rings (SSSR count). The van der Waals surface area contributed by atoms with Crippen molar-refractivity contribution in [3.63, 3.8) is 0 Å². The molecule has 1 fully saturated rings. The standard InChI is InChI=1S/C15H19N3O/c1-2-16-14-10-12(11-6-3-4-7-11)17-15(18-14)13-8-5-9-19-13/h5,8-11H,2-4,6-7H2,1H3,(H,16,17,18). The van der Waals surface area contributed by atoms with Crippen molar-refractivity contribution in [2.75, 3.05) is 11.9 Å². The Hall–Kier alpha value is -1.84. The first kappa shape index (κ1) is 12.2. The molecule has 0 atom stereocenters. The number of furan rings is 1. The molecule has 1 saturated carbocycles. The lowest BCUT2D eigenvalue weighted by Gasteiger charge is -2.12. The Morgan fingerprint density at radius 1 is 1.32 bits per heavy atom. The molecular formula is C15H19N3O. The van der Waals surface area contributed by atoms with Crippen LogP contribution in [0, 0.1) is 0 Å². The van der Waals surface area contributed by atoms with E-state index in [4.69, 9.17) is 9.40 Å². The van der Waals surface area contributed by atoms with Gasteiger partial charge in [0.15, 0.2) is 11.6 Å². The Morgan fingerprint density at radius 3 is 2.84 bits per heavy atom. The van der Waals surface area contributed by atoms with Gasteiger partial charge in [0, 0.05) is 24.2 Å². The summed E-state index contributed by atoms with van der Waals surface area (Å²) in [5, 5.41) is 3.28. The molecule has 0 spiro atoms. The molecule has 1 aliphatic carbocycles. The number of hydrogen-bond acceptors (Lipinski definition) is 4. The van der Waals surface area contributed by atoms with Gasteiger partial charge in [-0.25, -0.2) is 9.97 Å². The van der Waals surface area contributed by atoms with Crippen LogP contribution in [0.5, 0.6) is 0 Å². The van der Waals surface area contributed by atoms with Crippen LogP contribution < -0.4 is 5.32 Å². The van der Waals surface area contributed by atoms with Crippen LogP contribution in [-0.2, 0) is 0 Å². The van der Waals surface area contributed by atoms with Crippen molar-refractivity contribution in [3.05, 3.63) is 30.2 Å². The average Bonchev–Trinajstić information content (AvgIpc) is 3.12. The second kappa shape index (κ2) is 5.43. The lowest BCUT2D eigenvalue weighted by Crippen LogP contribution is -2.05. The number of hydrogen-bond donors (Lipinski definition) is 1. The van der Waals surface area contributed by atoms with Crippen LogP contribution in [0.3, 0.4) is 0 Å². The lowest BCUT2D eigenvalue weighted by molar-refractivity contribution is 0.575. The van der Waals surface area contributed by atoms with Crippen molar-refractivity contribution in [2.24, 2.45) is 0 Å². The fraction of sp³-hybridized carbons (Fsp3) is 0.467. The van der Waals surface area contributed by atoms with Crippen molar-refractivity contribution in [1.82, 2.24) is 9.97 Å². The molecule has 1 aliphatic rings. The van der Waals surface area contributed by atoms with E-state index in [1.165, 1.54) is 25.7 Å². The summed E-state index contributed by atoms with van der Waals surface area (Å²) in [6.07, 6.45) is 6.75. The van der Waals surface area contributed by atoms with Crippen molar-refractivity contribution < 1.29 is 4.42 Å². The molecule has 0 amide bonds. The molecule has 4 nitrogen and oxygen atoms in total. The van der Waals surface area contributed by atoms with Crippen LogP contribution in [0.25, 0.3) is 11.6 Å². The van der Waals surface area contributed by atoms with E-state index in [-0.39, 0.29) is 0 Å². The van der Waals surface area contributed by atoms with Crippen LogP contribution in [-0.4, -0.2) is 16.5 Å². The second-order valence-electron chi connectivity index (χ2n) is 4.99. The molecule has 4 heteroatoms. The summed E-state index contributed by atoms with van der Waals surface area (Å²) in [6.45, 7) is 2.93. The average molecular weight is 257 g/mol. The summed E-state index contributed by atoms with van der Waals surface area (Å²) in [5.74, 6) is 2.89. The van der Waals surface area contributed by atoms with Crippen LogP contribution in [0.2, 0.25) is 0 Å². The maximum atomic E-state index is 5.42. The van der Waals surface area contributed by atoms with Gasteiger partial charge in [-0.1, -0.05) is 12.8 Å². The van der Waals surface area contributed by atoms with Gasteiger partial charge in [-0.2, -0.15) is 0 Å². The summed E-state index contributed by atoms with van der Waals surface area (Å²) in [5.41, 5.74) is 1.15. The largest absolute Gasteiger partial charge is 0.461 e. The Kier molecular flexibility index (Phi) is 3.49. The molecule has 19 heavy (non-hydrogen) atoms. The Labute approximate surface area is 113 Å². The van der Waals surface area contributed by atoms with Gasteiger partial charge in [0.25, 0.3) is 0 Å². The highest BCUT2D eigenvalue weighted by atomic mass is 16.3. The van der Waals surface area contributed by atoms with Gasteiger partial charge in [-0.05, 0) is 31.9 Å². The van der Waals surface area contributed by atoms with E-state index in [0.717, 1.165) is 23.8 Å². The first-order chi connectivity index (χ1) is 9.36. The third-order valence-corrected chi connectivity index (χ3v) is 3.62. The van der Waals surface area contributed by atoms with Crippen molar-refractivity contribution in [3.8, 4) is 11.6 Å². The second-order valence-corrected chi connectivity index (χ2v) is 4.99. The first-order valence-corrected chi connectivity index (χ1v) is 7.03. The quantitative estimate of drug-likeness (QED) is 0.904. The molecule has 2 aromatic rings. The molecule has 2 heterocycles. The first-order valence-electron chi connectivity index (χ1n) is 7.03. The summed E-state index contributed by atoms with van der Waals surface area (Å²) in [6, 6.07) is 5.86. The molecule has 0 saturated heterocycles. The maximum absolute atomic E-state index is 5.42. The summed E-state index contributed by atoms with van der Waals surface area (Å²) in [4.78, 5) is 9.22. The van der Waals surface area contributed by atoms with E-state index >= 15 is 0 Å². The Bertz CT molecular complexity index is 530.